The van der Waals surface area contributed by atoms with Crippen LogP contribution in [0.1, 0.15) is 22.8 Å². The number of hydrogen-bond donors (Lipinski definition) is 1. The summed E-state index contributed by atoms with van der Waals surface area (Å²) in [5.74, 6) is -0.683. The Labute approximate surface area is 99.0 Å². The van der Waals surface area contributed by atoms with E-state index in [1.54, 1.807) is 6.92 Å². The molecule has 88 valence electrons. The van der Waals surface area contributed by atoms with E-state index in [2.05, 4.69) is 0 Å². The SMILES string of the molecule is CC(Cl)C(=O)c1ccc(CS(=O)(=O)O)cc1. The van der Waals surface area contributed by atoms with Crippen molar-refractivity contribution in [3.8, 4) is 0 Å². The second-order valence-electron chi connectivity index (χ2n) is 3.40. The van der Waals surface area contributed by atoms with Crippen LogP contribution in [0.25, 0.3) is 0 Å². The van der Waals surface area contributed by atoms with Crippen LogP contribution in [0.4, 0.5) is 0 Å². The molecule has 1 aromatic carbocycles. The molecule has 0 heterocycles. The summed E-state index contributed by atoms with van der Waals surface area (Å²) in [6, 6.07) is 5.92. The third-order valence-corrected chi connectivity index (χ3v) is 2.85. The Morgan fingerprint density at radius 3 is 2.25 bits per heavy atom. The van der Waals surface area contributed by atoms with Crippen molar-refractivity contribution in [2.24, 2.45) is 0 Å². The molecule has 0 saturated carbocycles. The van der Waals surface area contributed by atoms with Crippen LogP contribution in [0.5, 0.6) is 0 Å². The average molecular weight is 263 g/mol. The molecule has 1 aromatic rings. The number of Topliss-reactive ketones (excluding diaryl/α,β-unsaturated/α-hetero) is 1. The van der Waals surface area contributed by atoms with E-state index in [9.17, 15) is 13.2 Å². The molecule has 0 amide bonds. The van der Waals surface area contributed by atoms with Gasteiger partial charge in [-0.2, -0.15) is 8.42 Å². The number of rotatable bonds is 4. The third kappa shape index (κ3) is 3.92. The summed E-state index contributed by atoms with van der Waals surface area (Å²) < 4.78 is 29.8. The van der Waals surface area contributed by atoms with Crippen LogP contribution in [0.2, 0.25) is 0 Å². The number of ketones is 1. The molecule has 0 radical (unpaired) electrons. The van der Waals surface area contributed by atoms with Gasteiger partial charge >= 0.3 is 0 Å². The maximum absolute atomic E-state index is 11.4. The molecule has 1 atom stereocenters. The van der Waals surface area contributed by atoms with Crippen molar-refractivity contribution in [2.75, 3.05) is 0 Å². The Hall–Kier alpha value is -0.910. The first-order valence-electron chi connectivity index (χ1n) is 4.52. The summed E-state index contributed by atoms with van der Waals surface area (Å²) in [4.78, 5) is 11.4. The minimum Gasteiger partial charge on any atom is -0.293 e. The lowest BCUT2D eigenvalue weighted by Gasteiger charge is -2.03. The zero-order valence-electron chi connectivity index (χ0n) is 8.55. The number of alkyl halides is 1. The van der Waals surface area contributed by atoms with Gasteiger partial charge in [0.05, 0.1) is 5.38 Å². The summed E-state index contributed by atoms with van der Waals surface area (Å²) in [5.41, 5.74) is 0.836. The van der Waals surface area contributed by atoms with Gasteiger partial charge < -0.3 is 0 Å². The Bertz CT molecular complexity index is 476. The van der Waals surface area contributed by atoms with Gasteiger partial charge in [-0.05, 0) is 12.5 Å². The largest absolute Gasteiger partial charge is 0.293 e. The van der Waals surface area contributed by atoms with E-state index in [0.717, 1.165) is 0 Å². The summed E-state index contributed by atoms with van der Waals surface area (Å²) in [5, 5.41) is -0.618. The molecular weight excluding hydrogens is 252 g/mol. The minimum atomic E-state index is -4.04. The smallest absolute Gasteiger partial charge is 0.269 e. The van der Waals surface area contributed by atoms with Crippen molar-refractivity contribution in [2.45, 2.75) is 18.1 Å². The number of hydrogen-bond acceptors (Lipinski definition) is 3. The molecule has 0 aliphatic rings. The molecule has 0 spiro atoms. The van der Waals surface area contributed by atoms with Gasteiger partial charge in [0, 0.05) is 5.56 Å². The molecule has 0 fully saturated rings. The van der Waals surface area contributed by atoms with Gasteiger partial charge in [0.2, 0.25) is 0 Å². The lowest BCUT2D eigenvalue weighted by Crippen LogP contribution is -2.10. The fourth-order valence-corrected chi connectivity index (χ4v) is 1.95. The summed E-state index contributed by atoms with van der Waals surface area (Å²) in [6.07, 6.45) is 0. The quantitative estimate of drug-likeness (QED) is 0.511. The van der Waals surface area contributed by atoms with Gasteiger partial charge in [-0.15, -0.1) is 11.6 Å². The second kappa shape index (κ2) is 4.95. The Kier molecular flexibility index (Phi) is 4.07. The molecule has 6 heteroatoms. The zero-order valence-corrected chi connectivity index (χ0v) is 10.1. The Morgan fingerprint density at radius 1 is 1.38 bits per heavy atom. The predicted octanol–water partition coefficient (Wildman–Crippen LogP) is 1.88. The fourth-order valence-electron chi connectivity index (χ4n) is 1.21. The monoisotopic (exact) mass is 262 g/mol. The van der Waals surface area contributed by atoms with Crippen LogP contribution < -0.4 is 0 Å². The first kappa shape index (κ1) is 13.2. The highest BCUT2D eigenvalue weighted by Crippen LogP contribution is 2.11. The summed E-state index contributed by atoms with van der Waals surface area (Å²) >= 11 is 5.62. The highest BCUT2D eigenvalue weighted by molar-refractivity contribution is 7.85. The highest BCUT2D eigenvalue weighted by Gasteiger charge is 2.12. The van der Waals surface area contributed by atoms with Crippen LogP contribution in [0, 0.1) is 0 Å². The van der Waals surface area contributed by atoms with E-state index in [-0.39, 0.29) is 5.78 Å². The standard InChI is InChI=1S/C10H11ClO4S/c1-7(11)10(12)9-4-2-8(3-5-9)6-16(13,14)15/h2-5,7H,6H2,1H3,(H,13,14,15). The second-order valence-corrected chi connectivity index (χ2v) is 5.51. The molecule has 0 saturated heterocycles. The normalized spacial score (nSPS) is 13.4. The van der Waals surface area contributed by atoms with Crippen LogP contribution in [-0.4, -0.2) is 24.1 Å². The Morgan fingerprint density at radius 2 is 1.88 bits per heavy atom. The van der Waals surface area contributed by atoms with E-state index < -0.39 is 21.2 Å². The number of carbonyl (C=O) groups is 1. The Balaban J connectivity index is 2.88. The topological polar surface area (TPSA) is 71.4 Å². The predicted molar refractivity (Wildman–Crippen MR) is 61.3 cm³/mol. The fraction of sp³-hybridized carbons (Fsp3) is 0.300. The number of halogens is 1. The van der Waals surface area contributed by atoms with Gasteiger partial charge in [0.1, 0.15) is 5.75 Å². The molecular formula is C10H11ClO4S. The van der Waals surface area contributed by atoms with Gasteiger partial charge in [0.25, 0.3) is 10.1 Å². The van der Waals surface area contributed by atoms with Crippen LogP contribution in [0.3, 0.4) is 0 Å². The number of benzene rings is 1. The number of carbonyl (C=O) groups excluding carboxylic acids is 1. The van der Waals surface area contributed by atoms with E-state index in [0.29, 0.717) is 11.1 Å². The third-order valence-electron chi connectivity index (χ3n) is 1.95. The summed E-state index contributed by atoms with van der Waals surface area (Å²) in [7, 11) is -4.04. The van der Waals surface area contributed by atoms with Gasteiger partial charge in [-0.1, -0.05) is 24.3 Å². The van der Waals surface area contributed by atoms with Gasteiger partial charge in [-0.3, -0.25) is 9.35 Å². The molecule has 4 nitrogen and oxygen atoms in total. The molecule has 1 N–H and O–H groups in total. The molecule has 1 unspecified atom stereocenters. The summed E-state index contributed by atoms with van der Waals surface area (Å²) in [6.45, 7) is 1.57. The average Bonchev–Trinajstić information content (AvgIpc) is 2.15. The molecule has 0 aliphatic carbocycles. The molecule has 0 bridgehead atoms. The first-order valence-corrected chi connectivity index (χ1v) is 6.56. The van der Waals surface area contributed by atoms with Crippen molar-refractivity contribution in [1.82, 2.24) is 0 Å². The van der Waals surface area contributed by atoms with E-state index in [1.807, 2.05) is 0 Å². The van der Waals surface area contributed by atoms with Crippen LogP contribution in [-0.2, 0) is 15.9 Å². The lowest BCUT2D eigenvalue weighted by atomic mass is 10.1. The maximum atomic E-state index is 11.4. The lowest BCUT2D eigenvalue weighted by molar-refractivity contribution is 0.0991. The first-order chi connectivity index (χ1) is 7.29. The van der Waals surface area contributed by atoms with Crippen molar-refractivity contribution in [3.05, 3.63) is 35.4 Å². The zero-order chi connectivity index (χ0) is 12.3. The van der Waals surface area contributed by atoms with Crippen molar-refractivity contribution in [3.63, 3.8) is 0 Å². The molecule has 0 aliphatic heterocycles. The minimum absolute atomic E-state index is 0.222. The maximum Gasteiger partial charge on any atom is 0.269 e. The highest BCUT2D eigenvalue weighted by atomic mass is 35.5. The van der Waals surface area contributed by atoms with Gasteiger partial charge in [0.15, 0.2) is 5.78 Å². The molecule has 0 aromatic heterocycles. The van der Waals surface area contributed by atoms with E-state index >= 15 is 0 Å². The van der Waals surface area contributed by atoms with Crippen molar-refractivity contribution < 1.29 is 17.8 Å². The van der Waals surface area contributed by atoms with Crippen LogP contribution >= 0.6 is 11.6 Å². The van der Waals surface area contributed by atoms with Crippen molar-refractivity contribution >= 4 is 27.5 Å². The molecule has 16 heavy (non-hydrogen) atoms. The van der Waals surface area contributed by atoms with E-state index in [4.69, 9.17) is 16.2 Å². The van der Waals surface area contributed by atoms with E-state index in [1.165, 1.54) is 24.3 Å². The van der Waals surface area contributed by atoms with Gasteiger partial charge in [-0.25, -0.2) is 0 Å². The molecule has 1 rings (SSSR count). The van der Waals surface area contributed by atoms with Crippen LogP contribution in [0.15, 0.2) is 24.3 Å². The van der Waals surface area contributed by atoms with Crippen molar-refractivity contribution in [1.29, 1.82) is 0 Å².